The highest BCUT2D eigenvalue weighted by Crippen LogP contribution is 2.26. The first-order valence-electron chi connectivity index (χ1n) is 4.76. The Morgan fingerprint density at radius 1 is 1.56 bits per heavy atom. The number of carbonyl (C=O) groups is 2. The van der Waals surface area contributed by atoms with Crippen molar-refractivity contribution in [1.82, 2.24) is 5.32 Å². The van der Waals surface area contributed by atoms with Crippen molar-refractivity contribution in [3.63, 3.8) is 0 Å². The molecule has 0 atom stereocenters. The molecule has 0 unspecified atom stereocenters. The minimum Gasteiger partial charge on any atom is -0.481 e. The van der Waals surface area contributed by atoms with E-state index < -0.39 is 5.97 Å². The fourth-order valence-corrected chi connectivity index (χ4v) is 2.30. The highest BCUT2D eigenvalue weighted by atomic mass is 35.5. The van der Waals surface area contributed by atoms with Crippen LogP contribution in [0.3, 0.4) is 0 Å². The van der Waals surface area contributed by atoms with Gasteiger partial charge in [0, 0.05) is 13.0 Å². The normalized spacial score (nSPS) is 10.1. The van der Waals surface area contributed by atoms with Gasteiger partial charge in [-0.25, -0.2) is 0 Å². The van der Waals surface area contributed by atoms with Gasteiger partial charge in [0.05, 0.1) is 5.02 Å². The zero-order chi connectivity index (χ0) is 12.1. The summed E-state index contributed by atoms with van der Waals surface area (Å²) in [4.78, 5) is 22.3. The predicted octanol–water partition coefficient (Wildman–Crippen LogP) is 2.30. The van der Waals surface area contributed by atoms with Crippen LogP contribution in [0.1, 0.15) is 28.1 Å². The Balaban J connectivity index is 2.41. The lowest BCUT2D eigenvalue weighted by molar-refractivity contribution is -0.137. The second-order valence-electron chi connectivity index (χ2n) is 3.32. The fraction of sp³-hybridized carbons (Fsp3) is 0.400. The van der Waals surface area contributed by atoms with Crippen LogP contribution >= 0.6 is 22.9 Å². The summed E-state index contributed by atoms with van der Waals surface area (Å²) in [7, 11) is 0. The van der Waals surface area contributed by atoms with E-state index >= 15 is 0 Å². The molecule has 0 fully saturated rings. The molecule has 0 spiro atoms. The number of hydrogen-bond donors (Lipinski definition) is 2. The van der Waals surface area contributed by atoms with Crippen LogP contribution in [-0.2, 0) is 4.79 Å². The minimum absolute atomic E-state index is 0.0531. The van der Waals surface area contributed by atoms with Gasteiger partial charge in [-0.2, -0.15) is 0 Å². The monoisotopic (exact) mass is 261 g/mol. The van der Waals surface area contributed by atoms with Crippen LogP contribution in [0.4, 0.5) is 0 Å². The van der Waals surface area contributed by atoms with E-state index in [1.807, 2.05) is 12.3 Å². The maximum absolute atomic E-state index is 11.6. The first-order chi connectivity index (χ1) is 7.52. The number of aryl methyl sites for hydroxylation is 1. The van der Waals surface area contributed by atoms with E-state index in [1.165, 1.54) is 11.3 Å². The number of carbonyl (C=O) groups excluding carboxylic acids is 1. The lowest BCUT2D eigenvalue weighted by atomic mass is 10.3. The number of hydrogen-bond acceptors (Lipinski definition) is 3. The third-order valence-electron chi connectivity index (χ3n) is 1.96. The summed E-state index contributed by atoms with van der Waals surface area (Å²) in [6, 6.07) is 0. The zero-order valence-corrected chi connectivity index (χ0v) is 10.3. The number of carboxylic acid groups (broad SMARTS) is 1. The van der Waals surface area contributed by atoms with Crippen LogP contribution in [0.15, 0.2) is 5.38 Å². The lowest BCUT2D eigenvalue weighted by Crippen LogP contribution is -2.24. The highest BCUT2D eigenvalue weighted by molar-refractivity contribution is 7.13. The maximum Gasteiger partial charge on any atom is 0.303 e. The van der Waals surface area contributed by atoms with Crippen molar-refractivity contribution < 1.29 is 14.7 Å². The summed E-state index contributed by atoms with van der Waals surface area (Å²) in [6.45, 7) is 2.18. The van der Waals surface area contributed by atoms with Gasteiger partial charge < -0.3 is 10.4 Å². The Kier molecular flexibility index (Phi) is 4.76. The van der Waals surface area contributed by atoms with E-state index in [2.05, 4.69) is 5.32 Å². The van der Waals surface area contributed by atoms with E-state index in [0.717, 1.165) is 5.56 Å². The summed E-state index contributed by atoms with van der Waals surface area (Å²) >= 11 is 7.21. The average Bonchev–Trinajstić information content (AvgIpc) is 2.54. The highest BCUT2D eigenvalue weighted by Gasteiger charge is 2.13. The standard InChI is InChI=1S/C10H12ClNO3S/c1-6-5-16-9(8(6)11)10(15)12-4-2-3-7(13)14/h5H,2-4H2,1H3,(H,12,15)(H,13,14). The molecule has 0 saturated carbocycles. The number of amides is 1. The molecule has 6 heteroatoms. The molecule has 1 heterocycles. The largest absolute Gasteiger partial charge is 0.481 e. The molecule has 0 aliphatic heterocycles. The van der Waals surface area contributed by atoms with Crippen LogP contribution < -0.4 is 5.32 Å². The first kappa shape index (κ1) is 13.0. The van der Waals surface area contributed by atoms with Gasteiger partial charge in [0.25, 0.3) is 5.91 Å². The minimum atomic E-state index is -0.862. The quantitative estimate of drug-likeness (QED) is 0.800. The number of thiophene rings is 1. The molecule has 1 rings (SSSR count). The summed E-state index contributed by atoms with van der Waals surface area (Å²) in [5, 5.41) is 13.3. The third kappa shape index (κ3) is 3.50. The van der Waals surface area contributed by atoms with Crippen molar-refractivity contribution >= 4 is 34.8 Å². The number of rotatable bonds is 5. The Hall–Kier alpha value is -1.07. The van der Waals surface area contributed by atoms with Gasteiger partial charge in [-0.3, -0.25) is 9.59 Å². The summed E-state index contributed by atoms with van der Waals surface area (Å²) in [5.74, 6) is -1.10. The van der Waals surface area contributed by atoms with Crippen LogP contribution in [0, 0.1) is 6.92 Å². The number of nitrogens with one attached hydrogen (secondary N) is 1. The van der Waals surface area contributed by atoms with Crippen LogP contribution in [0.25, 0.3) is 0 Å². The van der Waals surface area contributed by atoms with Crippen molar-refractivity contribution in [3.8, 4) is 0 Å². The second kappa shape index (κ2) is 5.86. The van der Waals surface area contributed by atoms with Gasteiger partial charge in [-0.05, 0) is 24.3 Å². The number of halogens is 1. The van der Waals surface area contributed by atoms with Gasteiger partial charge in [-0.15, -0.1) is 11.3 Å². The van der Waals surface area contributed by atoms with Crippen molar-refractivity contribution in [2.45, 2.75) is 19.8 Å². The van der Waals surface area contributed by atoms with Gasteiger partial charge in [0.2, 0.25) is 0 Å². The summed E-state index contributed by atoms with van der Waals surface area (Å²) in [6.07, 6.45) is 0.473. The molecule has 0 bridgehead atoms. The van der Waals surface area contributed by atoms with Crippen LogP contribution in [-0.4, -0.2) is 23.5 Å². The molecule has 0 aliphatic rings. The molecule has 0 saturated heterocycles. The van der Waals surface area contributed by atoms with Crippen LogP contribution in [0.2, 0.25) is 5.02 Å². The molecule has 0 aromatic carbocycles. The summed E-state index contributed by atoms with van der Waals surface area (Å²) < 4.78 is 0. The Morgan fingerprint density at radius 2 is 2.25 bits per heavy atom. The Bertz CT molecular complexity index is 403. The van der Waals surface area contributed by atoms with Gasteiger partial charge in [0.1, 0.15) is 4.88 Å². The van der Waals surface area contributed by atoms with Gasteiger partial charge >= 0.3 is 5.97 Å². The SMILES string of the molecule is Cc1csc(C(=O)NCCCC(=O)O)c1Cl. The van der Waals surface area contributed by atoms with E-state index in [1.54, 1.807) is 0 Å². The molecule has 88 valence electrons. The second-order valence-corrected chi connectivity index (χ2v) is 4.57. The maximum atomic E-state index is 11.6. The summed E-state index contributed by atoms with van der Waals surface area (Å²) in [5.41, 5.74) is 0.877. The van der Waals surface area contributed by atoms with E-state index in [0.29, 0.717) is 22.9 Å². The smallest absolute Gasteiger partial charge is 0.303 e. The van der Waals surface area contributed by atoms with E-state index in [-0.39, 0.29) is 12.3 Å². The molecule has 1 aromatic rings. The number of carboxylic acids is 1. The first-order valence-corrected chi connectivity index (χ1v) is 6.01. The molecule has 1 aromatic heterocycles. The molecule has 16 heavy (non-hydrogen) atoms. The van der Waals surface area contributed by atoms with Gasteiger partial charge in [0.15, 0.2) is 0 Å². The number of aliphatic carboxylic acids is 1. The molecule has 4 nitrogen and oxygen atoms in total. The Labute approximate surface area is 102 Å². The van der Waals surface area contributed by atoms with Crippen molar-refractivity contribution in [1.29, 1.82) is 0 Å². The predicted molar refractivity (Wildman–Crippen MR) is 63.3 cm³/mol. The average molecular weight is 262 g/mol. The molecular formula is C10H12ClNO3S. The molecule has 0 radical (unpaired) electrons. The molecular weight excluding hydrogens is 250 g/mol. The van der Waals surface area contributed by atoms with E-state index in [9.17, 15) is 9.59 Å². The molecule has 1 amide bonds. The van der Waals surface area contributed by atoms with Crippen molar-refractivity contribution in [3.05, 3.63) is 20.8 Å². The van der Waals surface area contributed by atoms with Gasteiger partial charge in [-0.1, -0.05) is 11.6 Å². The van der Waals surface area contributed by atoms with Crippen molar-refractivity contribution in [2.24, 2.45) is 0 Å². The molecule has 2 N–H and O–H groups in total. The third-order valence-corrected chi connectivity index (χ3v) is 3.65. The zero-order valence-electron chi connectivity index (χ0n) is 8.75. The Morgan fingerprint density at radius 3 is 2.75 bits per heavy atom. The lowest BCUT2D eigenvalue weighted by Gasteiger charge is -2.02. The van der Waals surface area contributed by atoms with E-state index in [4.69, 9.17) is 16.7 Å². The fourth-order valence-electron chi connectivity index (χ4n) is 1.10. The topological polar surface area (TPSA) is 66.4 Å². The van der Waals surface area contributed by atoms with Crippen LogP contribution in [0.5, 0.6) is 0 Å². The molecule has 0 aliphatic carbocycles. The van der Waals surface area contributed by atoms with Crippen molar-refractivity contribution in [2.75, 3.05) is 6.54 Å².